The van der Waals surface area contributed by atoms with Gasteiger partial charge in [-0.1, -0.05) is 5.92 Å². The molecule has 1 aromatic rings. The first-order valence-corrected chi connectivity index (χ1v) is 5.75. The smallest absolute Gasteiger partial charge is 0.125 e. The standard InChI is InChI=1S/C11H13N3S/c1-3-6-12-10-4-7-14(13-10)11-9(2)5-8-15-11/h1,5,8H,4,6-7H2,2H3,(H,12,13). The summed E-state index contributed by atoms with van der Waals surface area (Å²) in [6.07, 6.45) is 6.12. The summed E-state index contributed by atoms with van der Waals surface area (Å²) in [4.78, 5) is 0. The minimum Gasteiger partial charge on any atom is -0.361 e. The Kier molecular flexibility index (Phi) is 2.93. The van der Waals surface area contributed by atoms with Crippen molar-refractivity contribution in [1.29, 1.82) is 0 Å². The number of thiophene rings is 1. The second-order valence-corrected chi connectivity index (χ2v) is 4.28. The molecule has 0 amide bonds. The molecule has 78 valence electrons. The van der Waals surface area contributed by atoms with Crippen molar-refractivity contribution < 1.29 is 0 Å². The van der Waals surface area contributed by atoms with Crippen molar-refractivity contribution in [2.75, 3.05) is 18.1 Å². The highest BCUT2D eigenvalue weighted by Crippen LogP contribution is 2.28. The normalized spacial score (nSPS) is 14.9. The minimum atomic E-state index is 0.552. The molecule has 0 saturated heterocycles. The first-order valence-electron chi connectivity index (χ1n) is 4.87. The summed E-state index contributed by atoms with van der Waals surface area (Å²) < 4.78 is 0. The predicted octanol–water partition coefficient (Wildman–Crippen LogP) is 1.80. The van der Waals surface area contributed by atoms with E-state index in [2.05, 4.69) is 34.7 Å². The van der Waals surface area contributed by atoms with Gasteiger partial charge in [-0.25, -0.2) is 0 Å². The van der Waals surface area contributed by atoms with E-state index in [9.17, 15) is 0 Å². The number of amidine groups is 1. The molecule has 0 radical (unpaired) electrons. The van der Waals surface area contributed by atoms with Gasteiger partial charge in [0.1, 0.15) is 10.8 Å². The van der Waals surface area contributed by atoms with E-state index in [1.54, 1.807) is 11.3 Å². The molecule has 1 N–H and O–H groups in total. The number of aryl methyl sites for hydroxylation is 1. The third kappa shape index (κ3) is 2.13. The lowest BCUT2D eigenvalue weighted by Crippen LogP contribution is -2.21. The van der Waals surface area contributed by atoms with Crippen LogP contribution in [-0.4, -0.2) is 18.9 Å². The second-order valence-electron chi connectivity index (χ2n) is 3.39. The molecule has 0 aliphatic carbocycles. The van der Waals surface area contributed by atoms with Gasteiger partial charge in [0.15, 0.2) is 0 Å². The van der Waals surface area contributed by atoms with Gasteiger partial charge < -0.3 is 5.32 Å². The number of nitrogens with one attached hydrogen (secondary N) is 1. The summed E-state index contributed by atoms with van der Waals surface area (Å²) >= 11 is 1.72. The fraction of sp³-hybridized carbons (Fsp3) is 0.364. The summed E-state index contributed by atoms with van der Waals surface area (Å²) in [5, 5.41) is 13.0. The zero-order valence-corrected chi connectivity index (χ0v) is 9.47. The average molecular weight is 219 g/mol. The van der Waals surface area contributed by atoms with Crippen molar-refractivity contribution >= 4 is 22.2 Å². The second kappa shape index (κ2) is 4.37. The van der Waals surface area contributed by atoms with E-state index in [-0.39, 0.29) is 0 Å². The molecule has 4 heteroatoms. The van der Waals surface area contributed by atoms with Crippen molar-refractivity contribution in [2.45, 2.75) is 13.3 Å². The number of terminal acetylenes is 1. The largest absolute Gasteiger partial charge is 0.361 e. The Morgan fingerprint density at radius 1 is 1.73 bits per heavy atom. The van der Waals surface area contributed by atoms with E-state index < -0.39 is 0 Å². The van der Waals surface area contributed by atoms with Gasteiger partial charge in [-0.05, 0) is 23.9 Å². The number of anilines is 1. The molecule has 3 nitrogen and oxygen atoms in total. The van der Waals surface area contributed by atoms with E-state index in [1.165, 1.54) is 10.6 Å². The Morgan fingerprint density at radius 2 is 2.60 bits per heavy atom. The molecule has 0 saturated carbocycles. The van der Waals surface area contributed by atoms with Crippen molar-refractivity contribution in [3.05, 3.63) is 17.0 Å². The first-order chi connectivity index (χ1) is 7.31. The number of hydrogen-bond donors (Lipinski definition) is 1. The molecule has 1 aliphatic rings. The lowest BCUT2D eigenvalue weighted by Gasteiger charge is -2.11. The van der Waals surface area contributed by atoms with Crippen LogP contribution in [0.25, 0.3) is 0 Å². The lowest BCUT2D eigenvalue weighted by molar-refractivity contribution is 0.928. The monoisotopic (exact) mass is 219 g/mol. The molecule has 2 rings (SSSR count). The molecule has 0 atom stereocenters. The maximum atomic E-state index is 5.18. The molecule has 0 fully saturated rings. The molecule has 0 bridgehead atoms. The van der Waals surface area contributed by atoms with Crippen LogP contribution in [0.5, 0.6) is 0 Å². The van der Waals surface area contributed by atoms with Crippen LogP contribution in [-0.2, 0) is 0 Å². The quantitative estimate of drug-likeness (QED) is 0.768. The molecule has 0 unspecified atom stereocenters. The van der Waals surface area contributed by atoms with Gasteiger partial charge in [-0.15, -0.1) is 17.8 Å². The Bertz CT molecular complexity index is 414. The van der Waals surface area contributed by atoms with Crippen LogP contribution in [0.2, 0.25) is 0 Å². The Hall–Kier alpha value is -1.47. The molecule has 15 heavy (non-hydrogen) atoms. The molecular formula is C11H13N3S. The van der Waals surface area contributed by atoms with Crippen LogP contribution < -0.4 is 10.3 Å². The number of rotatable bonds is 2. The van der Waals surface area contributed by atoms with Crippen LogP contribution in [0.3, 0.4) is 0 Å². The van der Waals surface area contributed by atoms with Crippen LogP contribution >= 0.6 is 11.3 Å². The topological polar surface area (TPSA) is 27.6 Å². The van der Waals surface area contributed by atoms with Crippen LogP contribution in [0.1, 0.15) is 12.0 Å². The zero-order valence-electron chi connectivity index (χ0n) is 8.66. The fourth-order valence-electron chi connectivity index (χ4n) is 1.51. The Morgan fingerprint density at radius 3 is 3.27 bits per heavy atom. The summed E-state index contributed by atoms with van der Waals surface area (Å²) in [6, 6.07) is 2.11. The fourth-order valence-corrected chi connectivity index (χ4v) is 2.42. The minimum absolute atomic E-state index is 0.552. The van der Waals surface area contributed by atoms with Crippen molar-refractivity contribution in [3.63, 3.8) is 0 Å². The number of hydrazone groups is 1. The zero-order chi connectivity index (χ0) is 10.7. The van der Waals surface area contributed by atoms with E-state index in [0.717, 1.165) is 18.8 Å². The first kappa shape index (κ1) is 10.1. The predicted molar refractivity (Wildman–Crippen MR) is 65.3 cm³/mol. The van der Waals surface area contributed by atoms with E-state index in [1.807, 2.05) is 5.01 Å². The van der Waals surface area contributed by atoms with Gasteiger partial charge in [-0.3, -0.25) is 5.01 Å². The molecular weight excluding hydrogens is 206 g/mol. The number of hydrogen-bond acceptors (Lipinski definition) is 4. The van der Waals surface area contributed by atoms with Crippen LogP contribution in [0, 0.1) is 19.3 Å². The van der Waals surface area contributed by atoms with Crippen LogP contribution in [0.15, 0.2) is 16.5 Å². The van der Waals surface area contributed by atoms with Gasteiger partial charge in [0, 0.05) is 13.0 Å². The van der Waals surface area contributed by atoms with E-state index in [0.29, 0.717) is 6.54 Å². The summed E-state index contributed by atoms with van der Waals surface area (Å²) in [6.45, 7) is 3.60. The highest BCUT2D eigenvalue weighted by molar-refractivity contribution is 7.14. The van der Waals surface area contributed by atoms with Crippen molar-refractivity contribution in [2.24, 2.45) is 5.10 Å². The highest BCUT2D eigenvalue weighted by atomic mass is 32.1. The SMILES string of the molecule is C#CCNC1=NN(c2sccc2C)CC1. The third-order valence-electron chi connectivity index (χ3n) is 2.27. The Labute approximate surface area is 93.8 Å². The van der Waals surface area contributed by atoms with Gasteiger partial charge in [-0.2, -0.15) is 5.10 Å². The number of nitrogens with zero attached hydrogens (tertiary/aromatic N) is 2. The Balaban J connectivity index is 2.06. The van der Waals surface area contributed by atoms with E-state index in [4.69, 9.17) is 6.42 Å². The summed E-state index contributed by atoms with van der Waals surface area (Å²) in [7, 11) is 0. The third-order valence-corrected chi connectivity index (χ3v) is 3.29. The molecule has 0 spiro atoms. The molecule has 1 aromatic heterocycles. The van der Waals surface area contributed by atoms with Crippen molar-refractivity contribution in [3.8, 4) is 12.3 Å². The van der Waals surface area contributed by atoms with Gasteiger partial charge >= 0.3 is 0 Å². The van der Waals surface area contributed by atoms with Gasteiger partial charge in [0.25, 0.3) is 0 Å². The van der Waals surface area contributed by atoms with E-state index >= 15 is 0 Å². The van der Waals surface area contributed by atoms with Gasteiger partial charge in [0.05, 0.1) is 6.54 Å². The lowest BCUT2D eigenvalue weighted by atomic mass is 10.3. The molecule has 0 aromatic carbocycles. The maximum absolute atomic E-state index is 5.18. The molecule has 1 aliphatic heterocycles. The summed E-state index contributed by atoms with van der Waals surface area (Å²) in [5.41, 5.74) is 1.28. The average Bonchev–Trinajstić information content (AvgIpc) is 2.83. The molecule has 2 heterocycles. The van der Waals surface area contributed by atoms with Crippen LogP contribution in [0.4, 0.5) is 5.00 Å². The summed E-state index contributed by atoms with van der Waals surface area (Å²) in [5.74, 6) is 3.53. The highest BCUT2D eigenvalue weighted by Gasteiger charge is 2.17. The van der Waals surface area contributed by atoms with Gasteiger partial charge in [0.2, 0.25) is 0 Å². The van der Waals surface area contributed by atoms with Crippen molar-refractivity contribution in [1.82, 2.24) is 5.32 Å². The maximum Gasteiger partial charge on any atom is 0.125 e.